The Balaban J connectivity index is 1.33. The van der Waals surface area contributed by atoms with Crippen LogP contribution in [0.5, 0.6) is 0 Å². The number of ether oxygens (including phenoxy) is 1. The molecule has 2 aliphatic heterocycles. The summed E-state index contributed by atoms with van der Waals surface area (Å²) in [4.78, 5) is 45.6. The number of carbonyl (C=O) groups excluding carboxylic acids is 3. The van der Waals surface area contributed by atoms with E-state index in [0.29, 0.717) is 48.2 Å². The van der Waals surface area contributed by atoms with Gasteiger partial charge in [0.15, 0.2) is 21.2 Å². The van der Waals surface area contributed by atoms with Crippen LogP contribution in [0.25, 0.3) is 11.1 Å². The lowest BCUT2D eigenvalue weighted by Gasteiger charge is -2.37. The van der Waals surface area contributed by atoms with Crippen LogP contribution in [-0.4, -0.2) is 67.5 Å². The number of amides is 1. The minimum absolute atomic E-state index is 0.0730. The molecule has 0 aliphatic carbocycles. The molecule has 2 unspecified atom stereocenters. The van der Waals surface area contributed by atoms with Gasteiger partial charge in [-0.3, -0.25) is 24.3 Å². The molecule has 5 rings (SSSR count). The Hall–Kier alpha value is -3.60. The van der Waals surface area contributed by atoms with E-state index in [1.54, 1.807) is 55.7 Å². The van der Waals surface area contributed by atoms with Gasteiger partial charge >= 0.3 is 5.97 Å². The topological polar surface area (TPSA) is 123 Å². The first-order valence-corrected chi connectivity index (χ1v) is 15.5. The van der Waals surface area contributed by atoms with Crippen LogP contribution in [0, 0.1) is 6.92 Å². The van der Waals surface area contributed by atoms with Crippen LogP contribution in [0.1, 0.15) is 35.4 Å². The zero-order valence-electron chi connectivity index (χ0n) is 22.7. The number of aromatic nitrogens is 1. The number of sulfone groups is 1. The fourth-order valence-corrected chi connectivity index (χ4v) is 6.50. The predicted octanol–water partition coefficient (Wildman–Crippen LogP) is 3.47. The molecule has 2 aromatic carbocycles. The molecule has 2 aliphatic rings. The molecule has 0 bridgehead atoms. The van der Waals surface area contributed by atoms with E-state index in [9.17, 15) is 22.8 Å². The number of nitrogens with one attached hydrogen (secondary N) is 1. The molecule has 41 heavy (non-hydrogen) atoms. The van der Waals surface area contributed by atoms with Crippen LogP contribution in [0.3, 0.4) is 0 Å². The summed E-state index contributed by atoms with van der Waals surface area (Å²) in [6.07, 6.45) is 5.45. The second kappa shape index (κ2) is 11.3. The average molecular weight is 596 g/mol. The smallest absolute Gasteiger partial charge is 0.322 e. The van der Waals surface area contributed by atoms with Crippen molar-refractivity contribution in [1.29, 1.82) is 0 Å². The second-order valence-electron chi connectivity index (χ2n) is 10.7. The van der Waals surface area contributed by atoms with Crippen molar-refractivity contribution < 1.29 is 27.5 Å². The average Bonchev–Trinajstić information content (AvgIpc) is 3.16. The Kier molecular flexibility index (Phi) is 8.00. The van der Waals surface area contributed by atoms with E-state index in [-0.39, 0.29) is 34.7 Å². The highest BCUT2D eigenvalue weighted by atomic mass is 35.5. The van der Waals surface area contributed by atoms with Gasteiger partial charge in [-0.05, 0) is 78.9 Å². The Bertz CT molecular complexity index is 1630. The van der Waals surface area contributed by atoms with Crippen LogP contribution in [0.2, 0.25) is 5.02 Å². The molecule has 3 heterocycles. The molecule has 3 aromatic rings. The number of aryl methyl sites for hydroxylation is 1. The van der Waals surface area contributed by atoms with Gasteiger partial charge in [-0.25, -0.2) is 8.42 Å². The zero-order valence-corrected chi connectivity index (χ0v) is 24.3. The molecule has 2 atom stereocenters. The lowest BCUT2D eigenvalue weighted by molar-refractivity contribution is -0.157. The Morgan fingerprint density at radius 1 is 1.20 bits per heavy atom. The number of benzene rings is 2. The molecule has 11 heteroatoms. The molecule has 0 saturated carbocycles. The third-order valence-corrected chi connectivity index (χ3v) is 9.02. The van der Waals surface area contributed by atoms with E-state index in [4.69, 9.17) is 16.3 Å². The van der Waals surface area contributed by atoms with Gasteiger partial charge < -0.3 is 10.1 Å². The lowest BCUT2D eigenvalue weighted by atomic mass is 9.81. The van der Waals surface area contributed by atoms with E-state index in [1.807, 2.05) is 11.0 Å². The normalized spacial score (nSPS) is 21.2. The van der Waals surface area contributed by atoms with Gasteiger partial charge in [-0.2, -0.15) is 0 Å². The van der Waals surface area contributed by atoms with E-state index < -0.39 is 27.3 Å². The fraction of sp³-hybridized carbons (Fsp3) is 0.333. The van der Waals surface area contributed by atoms with Crippen molar-refractivity contribution in [3.05, 3.63) is 82.6 Å². The van der Waals surface area contributed by atoms with Crippen molar-refractivity contribution >= 4 is 39.1 Å². The van der Waals surface area contributed by atoms with Crippen molar-refractivity contribution in [3.63, 3.8) is 0 Å². The molecule has 1 spiro atoms. The van der Waals surface area contributed by atoms with Crippen LogP contribution in [0.4, 0.5) is 0 Å². The highest BCUT2D eigenvalue weighted by Gasteiger charge is 2.57. The quantitative estimate of drug-likeness (QED) is 0.325. The minimum atomic E-state index is -3.42. The summed E-state index contributed by atoms with van der Waals surface area (Å²) in [7, 11) is -3.42. The van der Waals surface area contributed by atoms with E-state index >= 15 is 0 Å². The summed E-state index contributed by atoms with van der Waals surface area (Å²) in [5.41, 5.74) is 1.86. The molecule has 214 valence electrons. The summed E-state index contributed by atoms with van der Waals surface area (Å²) in [6.45, 7) is 2.93. The van der Waals surface area contributed by atoms with Gasteiger partial charge in [-0.15, -0.1) is 0 Å². The number of halogens is 1. The lowest BCUT2D eigenvalue weighted by Crippen LogP contribution is -2.54. The van der Waals surface area contributed by atoms with Crippen molar-refractivity contribution in [3.8, 4) is 11.1 Å². The third-order valence-electron chi connectivity index (χ3n) is 7.60. The Morgan fingerprint density at radius 3 is 2.73 bits per heavy atom. The molecule has 1 amide bonds. The number of hydrogen-bond donors (Lipinski definition) is 1. The first-order valence-electron chi connectivity index (χ1n) is 13.2. The molecule has 2 fully saturated rings. The Labute approximate surface area is 243 Å². The standard InChI is InChI=1S/C30H30ClN3O6S/c1-19-12-24(21-7-3-8-22(13-21)41(2,38)39)25(31)14-23(19)27-28(36)30(40-29(27)37)9-5-11-34(18-30)17-26(35)33-16-20-6-4-10-32-15-20/h3-4,6-8,10,12-15,27H,5,9,11,16-18H2,1-2H3,(H,33,35). The summed E-state index contributed by atoms with van der Waals surface area (Å²) in [5.74, 6) is -2.31. The van der Waals surface area contributed by atoms with Gasteiger partial charge in [0.2, 0.25) is 5.91 Å². The second-order valence-corrected chi connectivity index (χ2v) is 13.1. The van der Waals surface area contributed by atoms with Crippen molar-refractivity contribution in [2.75, 3.05) is 25.9 Å². The van der Waals surface area contributed by atoms with Crippen molar-refractivity contribution in [1.82, 2.24) is 15.2 Å². The number of likely N-dealkylation sites (tertiary alicyclic amines) is 1. The Morgan fingerprint density at radius 2 is 2.00 bits per heavy atom. The molecule has 0 radical (unpaired) electrons. The SMILES string of the molecule is Cc1cc(-c2cccc(S(C)(=O)=O)c2)c(Cl)cc1C1C(=O)OC2(CCCN(CC(=O)NCc3cccnc3)C2)C1=O. The van der Waals surface area contributed by atoms with E-state index in [0.717, 1.165) is 11.8 Å². The fourth-order valence-electron chi connectivity index (χ4n) is 5.55. The largest absolute Gasteiger partial charge is 0.449 e. The maximum Gasteiger partial charge on any atom is 0.322 e. The van der Waals surface area contributed by atoms with Gasteiger partial charge in [0.25, 0.3) is 0 Å². The summed E-state index contributed by atoms with van der Waals surface area (Å²) in [5, 5.41) is 3.15. The highest BCUT2D eigenvalue weighted by Crippen LogP contribution is 2.43. The zero-order chi connectivity index (χ0) is 29.4. The summed E-state index contributed by atoms with van der Waals surface area (Å²) < 4.78 is 29.9. The third kappa shape index (κ3) is 6.05. The van der Waals surface area contributed by atoms with Crippen LogP contribution in [0.15, 0.2) is 65.8 Å². The number of carbonyl (C=O) groups is 3. The van der Waals surface area contributed by atoms with Gasteiger partial charge in [0, 0.05) is 42.3 Å². The summed E-state index contributed by atoms with van der Waals surface area (Å²) >= 11 is 6.64. The van der Waals surface area contributed by atoms with Crippen molar-refractivity contribution in [2.45, 2.75) is 42.7 Å². The number of pyridine rings is 1. The van der Waals surface area contributed by atoms with E-state index in [2.05, 4.69) is 10.3 Å². The molecule has 2 saturated heterocycles. The van der Waals surface area contributed by atoms with E-state index in [1.165, 1.54) is 6.07 Å². The predicted molar refractivity (Wildman–Crippen MR) is 153 cm³/mol. The van der Waals surface area contributed by atoms with Crippen molar-refractivity contribution in [2.24, 2.45) is 0 Å². The number of piperidine rings is 1. The van der Waals surface area contributed by atoms with Gasteiger partial charge in [0.05, 0.1) is 11.4 Å². The van der Waals surface area contributed by atoms with Gasteiger partial charge in [0.1, 0.15) is 5.92 Å². The summed E-state index contributed by atoms with van der Waals surface area (Å²) in [6, 6.07) is 13.5. The number of nitrogens with zero attached hydrogens (tertiary/aromatic N) is 2. The molecule has 1 N–H and O–H groups in total. The molecule has 9 nitrogen and oxygen atoms in total. The number of rotatable bonds is 7. The maximum atomic E-state index is 13.8. The highest BCUT2D eigenvalue weighted by molar-refractivity contribution is 7.90. The maximum absolute atomic E-state index is 13.8. The van der Waals surface area contributed by atoms with Crippen LogP contribution in [-0.2, 0) is 35.5 Å². The minimum Gasteiger partial charge on any atom is -0.449 e. The van der Waals surface area contributed by atoms with Crippen LogP contribution >= 0.6 is 11.6 Å². The number of esters is 1. The molecular weight excluding hydrogens is 566 g/mol. The first kappa shape index (κ1) is 28.9. The monoisotopic (exact) mass is 595 g/mol. The number of ketones is 1. The van der Waals surface area contributed by atoms with Crippen LogP contribution < -0.4 is 5.32 Å². The number of hydrogen-bond acceptors (Lipinski definition) is 8. The first-order chi connectivity index (χ1) is 19.5. The van der Waals surface area contributed by atoms with Gasteiger partial charge in [-0.1, -0.05) is 29.8 Å². The number of Topliss-reactive ketones (excluding diaryl/α,β-unsaturated/α-hetero) is 1. The molecular formula is C30H30ClN3O6S. The molecule has 1 aromatic heterocycles.